The first kappa shape index (κ1) is 12.5. The number of carbonyl (C=O) groups is 1. The van der Waals surface area contributed by atoms with Crippen LogP contribution in [0, 0.1) is 10.8 Å². The normalized spacial score (nSPS) is 23.1. The second-order valence-corrected chi connectivity index (χ2v) is 6.50. The van der Waals surface area contributed by atoms with Crippen molar-refractivity contribution in [2.24, 2.45) is 16.6 Å². The molecule has 3 heteroatoms. The van der Waals surface area contributed by atoms with Crippen LogP contribution in [-0.4, -0.2) is 18.1 Å². The van der Waals surface area contributed by atoms with Crippen molar-refractivity contribution >= 4 is 5.97 Å². The fraction of sp³-hybridized carbons (Fsp3) is 0.917. The lowest BCUT2D eigenvalue weighted by Crippen LogP contribution is -2.54. The Morgan fingerprint density at radius 1 is 1.33 bits per heavy atom. The van der Waals surface area contributed by atoms with Crippen LogP contribution in [0.3, 0.4) is 0 Å². The van der Waals surface area contributed by atoms with Crippen molar-refractivity contribution in [3.8, 4) is 0 Å². The summed E-state index contributed by atoms with van der Waals surface area (Å²) >= 11 is 0. The molecule has 1 saturated carbocycles. The highest BCUT2D eigenvalue weighted by atomic mass is 16.6. The number of hydrogen-bond acceptors (Lipinski definition) is 3. The van der Waals surface area contributed by atoms with Gasteiger partial charge >= 0.3 is 5.97 Å². The molecule has 0 aromatic carbocycles. The van der Waals surface area contributed by atoms with Crippen molar-refractivity contribution in [2.45, 2.75) is 53.1 Å². The second-order valence-electron chi connectivity index (χ2n) is 6.50. The standard InChI is InChI=1S/C12H23NO2/c1-10(2,3)15-9(14)12(8-13)6-11(4,5)7-12/h6-8,13H2,1-5H3. The van der Waals surface area contributed by atoms with Gasteiger partial charge in [-0.25, -0.2) is 0 Å². The molecule has 0 spiro atoms. The average molecular weight is 213 g/mol. The van der Waals surface area contributed by atoms with Gasteiger partial charge in [-0.05, 0) is 39.0 Å². The van der Waals surface area contributed by atoms with Crippen LogP contribution in [0.2, 0.25) is 0 Å². The Kier molecular flexibility index (Phi) is 2.90. The number of hydrogen-bond donors (Lipinski definition) is 1. The fourth-order valence-corrected chi connectivity index (χ4v) is 2.54. The zero-order valence-corrected chi connectivity index (χ0v) is 10.5. The van der Waals surface area contributed by atoms with E-state index in [4.69, 9.17) is 10.5 Å². The van der Waals surface area contributed by atoms with E-state index in [9.17, 15) is 4.79 Å². The molecule has 0 saturated heterocycles. The summed E-state index contributed by atoms with van der Waals surface area (Å²) in [4.78, 5) is 12.0. The molecule has 0 unspecified atom stereocenters. The van der Waals surface area contributed by atoms with E-state index in [-0.39, 0.29) is 11.4 Å². The molecule has 3 nitrogen and oxygen atoms in total. The van der Waals surface area contributed by atoms with E-state index in [1.54, 1.807) is 0 Å². The number of ether oxygens (including phenoxy) is 1. The molecule has 0 atom stereocenters. The summed E-state index contributed by atoms with van der Waals surface area (Å²) in [5.41, 5.74) is 5.10. The van der Waals surface area contributed by atoms with Gasteiger partial charge in [-0.3, -0.25) is 4.79 Å². The van der Waals surface area contributed by atoms with E-state index in [0.29, 0.717) is 6.54 Å². The van der Waals surface area contributed by atoms with E-state index in [1.165, 1.54) is 0 Å². The number of carbonyl (C=O) groups excluding carboxylic acids is 1. The summed E-state index contributed by atoms with van der Waals surface area (Å²) < 4.78 is 5.41. The predicted molar refractivity (Wildman–Crippen MR) is 60.3 cm³/mol. The van der Waals surface area contributed by atoms with Gasteiger partial charge in [0.15, 0.2) is 0 Å². The van der Waals surface area contributed by atoms with Gasteiger partial charge in [0.1, 0.15) is 5.60 Å². The van der Waals surface area contributed by atoms with Gasteiger partial charge in [0.25, 0.3) is 0 Å². The topological polar surface area (TPSA) is 52.3 Å². The number of esters is 1. The van der Waals surface area contributed by atoms with Gasteiger partial charge in [-0.1, -0.05) is 13.8 Å². The molecule has 0 heterocycles. The Morgan fingerprint density at radius 3 is 2.07 bits per heavy atom. The molecule has 1 fully saturated rings. The Hall–Kier alpha value is -0.570. The predicted octanol–water partition coefficient (Wildman–Crippen LogP) is 2.09. The van der Waals surface area contributed by atoms with Gasteiger partial charge in [0.05, 0.1) is 5.41 Å². The Morgan fingerprint density at radius 2 is 1.80 bits per heavy atom. The summed E-state index contributed by atoms with van der Waals surface area (Å²) in [6.07, 6.45) is 1.68. The minimum absolute atomic E-state index is 0.128. The molecule has 0 aromatic rings. The van der Waals surface area contributed by atoms with Crippen molar-refractivity contribution in [3.63, 3.8) is 0 Å². The fourth-order valence-electron chi connectivity index (χ4n) is 2.54. The Balaban J connectivity index is 2.66. The van der Waals surface area contributed by atoms with Crippen LogP contribution in [0.5, 0.6) is 0 Å². The molecule has 0 bridgehead atoms. The third-order valence-electron chi connectivity index (χ3n) is 2.86. The summed E-state index contributed by atoms with van der Waals surface area (Å²) in [5.74, 6) is -0.128. The maximum Gasteiger partial charge on any atom is 0.313 e. The lowest BCUT2D eigenvalue weighted by molar-refractivity contribution is -0.181. The minimum atomic E-state index is -0.420. The molecular weight excluding hydrogens is 190 g/mol. The van der Waals surface area contributed by atoms with Crippen LogP contribution in [0.4, 0.5) is 0 Å². The largest absolute Gasteiger partial charge is 0.460 e. The maximum absolute atomic E-state index is 12.0. The molecule has 0 aliphatic heterocycles. The maximum atomic E-state index is 12.0. The van der Waals surface area contributed by atoms with Crippen LogP contribution >= 0.6 is 0 Å². The summed E-state index contributed by atoms with van der Waals surface area (Å²) in [6, 6.07) is 0. The van der Waals surface area contributed by atoms with E-state index < -0.39 is 11.0 Å². The van der Waals surface area contributed by atoms with Gasteiger partial charge in [0.2, 0.25) is 0 Å². The molecule has 0 radical (unpaired) electrons. The van der Waals surface area contributed by atoms with Gasteiger partial charge < -0.3 is 10.5 Å². The van der Waals surface area contributed by atoms with Crippen LogP contribution in [-0.2, 0) is 9.53 Å². The van der Waals surface area contributed by atoms with E-state index in [1.807, 2.05) is 20.8 Å². The first-order chi connectivity index (χ1) is 6.60. The summed E-state index contributed by atoms with van der Waals surface area (Å²) in [7, 11) is 0. The lowest BCUT2D eigenvalue weighted by atomic mass is 9.54. The van der Waals surface area contributed by atoms with Crippen LogP contribution in [0.25, 0.3) is 0 Å². The van der Waals surface area contributed by atoms with E-state index >= 15 is 0 Å². The third-order valence-corrected chi connectivity index (χ3v) is 2.86. The van der Waals surface area contributed by atoms with Gasteiger partial charge in [-0.15, -0.1) is 0 Å². The quantitative estimate of drug-likeness (QED) is 0.715. The number of nitrogens with two attached hydrogens (primary N) is 1. The highest BCUT2D eigenvalue weighted by Crippen LogP contribution is 2.54. The Bertz CT molecular complexity index is 255. The second kappa shape index (κ2) is 3.48. The minimum Gasteiger partial charge on any atom is -0.460 e. The van der Waals surface area contributed by atoms with Crippen molar-refractivity contribution in [2.75, 3.05) is 6.54 Å². The highest BCUT2D eigenvalue weighted by molar-refractivity contribution is 5.79. The summed E-state index contributed by atoms with van der Waals surface area (Å²) in [5, 5.41) is 0. The molecule has 15 heavy (non-hydrogen) atoms. The van der Waals surface area contributed by atoms with E-state index in [2.05, 4.69) is 13.8 Å². The third kappa shape index (κ3) is 2.71. The smallest absolute Gasteiger partial charge is 0.313 e. The molecular formula is C12H23NO2. The zero-order valence-electron chi connectivity index (χ0n) is 10.5. The molecule has 0 aromatic heterocycles. The monoisotopic (exact) mass is 213 g/mol. The van der Waals surface area contributed by atoms with Gasteiger partial charge in [0, 0.05) is 6.54 Å². The SMILES string of the molecule is CC1(C)CC(CN)(C(=O)OC(C)(C)C)C1. The van der Waals surface area contributed by atoms with Crippen molar-refractivity contribution < 1.29 is 9.53 Å². The van der Waals surface area contributed by atoms with Crippen molar-refractivity contribution in [3.05, 3.63) is 0 Å². The molecule has 2 N–H and O–H groups in total. The molecule has 0 amide bonds. The highest BCUT2D eigenvalue weighted by Gasteiger charge is 2.54. The lowest BCUT2D eigenvalue weighted by Gasteiger charge is -2.51. The van der Waals surface area contributed by atoms with Gasteiger partial charge in [-0.2, -0.15) is 0 Å². The zero-order chi connectivity index (χ0) is 11.9. The van der Waals surface area contributed by atoms with E-state index in [0.717, 1.165) is 12.8 Å². The van der Waals surface area contributed by atoms with Crippen LogP contribution in [0.1, 0.15) is 47.5 Å². The number of rotatable bonds is 2. The Labute approximate surface area is 92.4 Å². The first-order valence-electron chi connectivity index (χ1n) is 5.54. The van der Waals surface area contributed by atoms with Crippen LogP contribution in [0.15, 0.2) is 0 Å². The summed E-state index contributed by atoms with van der Waals surface area (Å²) in [6.45, 7) is 10.4. The van der Waals surface area contributed by atoms with Crippen LogP contribution < -0.4 is 5.73 Å². The van der Waals surface area contributed by atoms with Crippen molar-refractivity contribution in [1.29, 1.82) is 0 Å². The molecule has 1 aliphatic rings. The molecule has 1 aliphatic carbocycles. The van der Waals surface area contributed by atoms with Crippen molar-refractivity contribution in [1.82, 2.24) is 0 Å². The molecule has 1 rings (SSSR count). The first-order valence-corrected chi connectivity index (χ1v) is 5.54. The molecule has 88 valence electrons. The average Bonchev–Trinajstić information content (AvgIpc) is 1.95.